The van der Waals surface area contributed by atoms with E-state index in [4.69, 9.17) is 4.74 Å². The Morgan fingerprint density at radius 3 is 2.57 bits per heavy atom. The predicted octanol–water partition coefficient (Wildman–Crippen LogP) is 1.59. The molecule has 5 nitrogen and oxygen atoms in total. The Labute approximate surface area is 133 Å². The maximum Gasteiger partial charge on any atom is 0.246 e. The number of nitrogens with one attached hydrogen (secondary N) is 1. The zero-order valence-corrected chi connectivity index (χ0v) is 13.1. The van der Waals surface area contributed by atoms with Crippen LogP contribution in [0.15, 0.2) is 24.3 Å². The molecule has 0 fully saturated rings. The molecule has 23 heavy (non-hydrogen) atoms. The second kappa shape index (κ2) is 9.68. The van der Waals surface area contributed by atoms with E-state index in [9.17, 15) is 18.4 Å². The van der Waals surface area contributed by atoms with Gasteiger partial charge in [-0.05, 0) is 24.6 Å². The van der Waals surface area contributed by atoms with Crippen molar-refractivity contribution in [2.24, 2.45) is 0 Å². The van der Waals surface area contributed by atoms with E-state index < -0.39 is 17.5 Å². The van der Waals surface area contributed by atoms with Gasteiger partial charge in [-0.15, -0.1) is 0 Å². The van der Waals surface area contributed by atoms with Crippen molar-refractivity contribution >= 4 is 17.9 Å². The first-order chi connectivity index (χ1) is 11.0. The first-order valence-corrected chi connectivity index (χ1v) is 7.08. The van der Waals surface area contributed by atoms with Crippen LogP contribution in [-0.4, -0.2) is 50.6 Å². The molecular weight excluding hydrogens is 306 g/mol. The molecule has 2 amide bonds. The van der Waals surface area contributed by atoms with E-state index in [-0.39, 0.29) is 18.0 Å². The number of benzene rings is 1. The van der Waals surface area contributed by atoms with Crippen molar-refractivity contribution in [2.45, 2.75) is 6.42 Å². The second-order valence-electron chi connectivity index (χ2n) is 4.86. The SMILES string of the molecule is COCCCNC(=O)CN(C)C(=O)C=Cc1c(F)cccc1F. The van der Waals surface area contributed by atoms with Crippen molar-refractivity contribution in [1.29, 1.82) is 0 Å². The number of methoxy groups -OCH3 is 1. The lowest BCUT2D eigenvalue weighted by Crippen LogP contribution is -2.38. The second-order valence-corrected chi connectivity index (χ2v) is 4.86. The molecule has 126 valence electrons. The van der Waals surface area contributed by atoms with Crippen molar-refractivity contribution in [2.75, 3.05) is 33.9 Å². The molecule has 1 rings (SSSR count). The standard InChI is InChI=1S/C16H20F2N2O3/c1-20(11-15(21)19-9-4-10-23-2)16(22)8-7-12-13(17)5-3-6-14(12)18/h3,5-8H,4,9-11H2,1-2H3,(H,19,21). The van der Waals surface area contributed by atoms with Crippen LogP contribution in [0.4, 0.5) is 8.78 Å². The zero-order valence-electron chi connectivity index (χ0n) is 13.1. The van der Waals surface area contributed by atoms with Gasteiger partial charge in [-0.1, -0.05) is 6.07 Å². The lowest BCUT2D eigenvalue weighted by atomic mass is 10.2. The Bertz CT molecular complexity index is 556. The van der Waals surface area contributed by atoms with Crippen molar-refractivity contribution in [1.82, 2.24) is 10.2 Å². The molecular formula is C16H20F2N2O3. The summed E-state index contributed by atoms with van der Waals surface area (Å²) >= 11 is 0. The van der Waals surface area contributed by atoms with E-state index in [2.05, 4.69) is 5.32 Å². The van der Waals surface area contributed by atoms with Crippen LogP contribution in [0.1, 0.15) is 12.0 Å². The van der Waals surface area contributed by atoms with Gasteiger partial charge in [0.05, 0.1) is 6.54 Å². The molecule has 1 aromatic carbocycles. The smallest absolute Gasteiger partial charge is 0.246 e. The molecule has 1 aromatic rings. The molecule has 0 unspecified atom stereocenters. The number of carbonyl (C=O) groups is 2. The first kappa shape index (κ1) is 18.8. The number of carbonyl (C=O) groups excluding carboxylic acids is 2. The van der Waals surface area contributed by atoms with Crippen LogP contribution in [0, 0.1) is 11.6 Å². The summed E-state index contributed by atoms with van der Waals surface area (Å²) in [6, 6.07) is 3.44. The average Bonchev–Trinajstić information content (AvgIpc) is 2.50. The largest absolute Gasteiger partial charge is 0.385 e. The highest BCUT2D eigenvalue weighted by Crippen LogP contribution is 2.13. The van der Waals surface area contributed by atoms with Crippen LogP contribution in [-0.2, 0) is 14.3 Å². The van der Waals surface area contributed by atoms with Crippen LogP contribution in [0.25, 0.3) is 6.08 Å². The number of hydrogen-bond donors (Lipinski definition) is 1. The summed E-state index contributed by atoms with van der Waals surface area (Å²) < 4.78 is 31.7. The minimum Gasteiger partial charge on any atom is -0.385 e. The fourth-order valence-corrected chi connectivity index (χ4v) is 1.75. The molecule has 0 saturated heterocycles. The summed E-state index contributed by atoms with van der Waals surface area (Å²) in [5, 5.41) is 2.64. The predicted molar refractivity (Wildman–Crippen MR) is 82.5 cm³/mol. The lowest BCUT2D eigenvalue weighted by Gasteiger charge is -2.14. The van der Waals surface area contributed by atoms with E-state index in [0.29, 0.717) is 19.6 Å². The number of likely N-dealkylation sites (N-methyl/N-ethyl adjacent to an activating group) is 1. The van der Waals surface area contributed by atoms with E-state index in [1.54, 1.807) is 7.11 Å². The molecule has 0 radical (unpaired) electrons. The fourth-order valence-electron chi connectivity index (χ4n) is 1.75. The molecule has 0 atom stereocenters. The minimum atomic E-state index is -0.757. The summed E-state index contributed by atoms with van der Waals surface area (Å²) in [4.78, 5) is 24.6. The van der Waals surface area contributed by atoms with Gasteiger partial charge in [-0.25, -0.2) is 8.78 Å². The topological polar surface area (TPSA) is 58.6 Å². The van der Waals surface area contributed by atoms with Crippen LogP contribution in [0.2, 0.25) is 0 Å². The third-order valence-electron chi connectivity index (χ3n) is 3.00. The van der Waals surface area contributed by atoms with E-state index in [1.807, 2.05) is 0 Å². The van der Waals surface area contributed by atoms with Gasteiger partial charge in [0.15, 0.2) is 0 Å². The van der Waals surface area contributed by atoms with E-state index >= 15 is 0 Å². The Morgan fingerprint density at radius 2 is 1.96 bits per heavy atom. The third-order valence-corrected chi connectivity index (χ3v) is 3.00. The first-order valence-electron chi connectivity index (χ1n) is 7.08. The van der Waals surface area contributed by atoms with Gasteiger partial charge in [-0.3, -0.25) is 9.59 Å². The van der Waals surface area contributed by atoms with E-state index in [0.717, 1.165) is 29.2 Å². The highest BCUT2D eigenvalue weighted by Gasteiger charge is 2.11. The molecule has 1 N–H and O–H groups in total. The third kappa shape index (κ3) is 6.56. The zero-order chi connectivity index (χ0) is 17.2. The van der Waals surface area contributed by atoms with Gasteiger partial charge in [0, 0.05) is 38.9 Å². The number of rotatable bonds is 8. The summed E-state index contributed by atoms with van der Waals surface area (Å²) in [5.41, 5.74) is -0.293. The molecule has 0 bridgehead atoms. The van der Waals surface area contributed by atoms with Crippen molar-refractivity contribution in [3.05, 3.63) is 41.5 Å². The molecule has 0 aliphatic heterocycles. The van der Waals surface area contributed by atoms with Gasteiger partial charge in [0.2, 0.25) is 11.8 Å². The Kier molecular flexibility index (Phi) is 7.90. The summed E-state index contributed by atoms with van der Waals surface area (Å²) in [5.74, 6) is -2.36. The van der Waals surface area contributed by atoms with Gasteiger partial charge in [0.1, 0.15) is 11.6 Å². The van der Waals surface area contributed by atoms with Crippen LogP contribution < -0.4 is 5.32 Å². The normalized spacial score (nSPS) is 10.8. The van der Waals surface area contributed by atoms with Crippen LogP contribution in [0.3, 0.4) is 0 Å². The number of hydrogen-bond acceptors (Lipinski definition) is 3. The summed E-state index contributed by atoms with van der Waals surface area (Å²) in [6.07, 6.45) is 2.76. The fraction of sp³-hybridized carbons (Fsp3) is 0.375. The number of amides is 2. The van der Waals surface area contributed by atoms with Crippen molar-refractivity contribution in [3.8, 4) is 0 Å². The molecule has 0 aliphatic rings. The van der Waals surface area contributed by atoms with Gasteiger partial charge >= 0.3 is 0 Å². The quantitative estimate of drug-likeness (QED) is 0.583. The maximum atomic E-state index is 13.4. The van der Waals surface area contributed by atoms with Gasteiger partial charge < -0.3 is 15.0 Å². The van der Waals surface area contributed by atoms with Crippen molar-refractivity contribution < 1.29 is 23.1 Å². The van der Waals surface area contributed by atoms with Crippen LogP contribution >= 0.6 is 0 Å². The lowest BCUT2D eigenvalue weighted by molar-refractivity contribution is -0.131. The van der Waals surface area contributed by atoms with Gasteiger partial charge in [0.25, 0.3) is 0 Å². The summed E-state index contributed by atoms with van der Waals surface area (Å²) in [6.45, 7) is 0.840. The van der Waals surface area contributed by atoms with Crippen LogP contribution in [0.5, 0.6) is 0 Å². The monoisotopic (exact) mass is 326 g/mol. The number of ether oxygens (including phenoxy) is 1. The average molecular weight is 326 g/mol. The van der Waals surface area contributed by atoms with E-state index in [1.165, 1.54) is 13.1 Å². The molecule has 7 heteroatoms. The Hall–Kier alpha value is -2.28. The number of nitrogens with zero attached hydrogens (tertiary/aromatic N) is 1. The van der Waals surface area contributed by atoms with Crippen molar-refractivity contribution in [3.63, 3.8) is 0 Å². The Balaban J connectivity index is 2.50. The highest BCUT2D eigenvalue weighted by atomic mass is 19.1. The van der Waals surface area contributed by atoms with Gasteiger partial charge in [-0.2, -0.15) is 0 Å². The Morgan fingerprint density at radius 1 is 1.30 bits per heavy atom. The molecule has 0 spiro atoms. The molecule has 0 saturated carbocycles. The minimum absolute atomic E-state index is 0.143. The molecule has 0 aliphatic carbocycles. The molecule has 0 aromatic heterocycles. The highest BCUT2D eigenvalue weighted by molar-refractivity contribution is 5.94. The maximum absolute atomic E-state index is 13.4. The number of halogens is 2. The summed E-state index contributed by atoms with van der Waals surface area (Å²) in [7, 11) is 3.00. The molecule has 0 heterocycles.